The highest BCUT2D eigenvalue weighted by molar-refractivity contribution is 6.28. The Morgan fingerprint density at radius 1 is 1.37 bits per heavy atom. The van der Waals surface area contributed by atoms with Gasteiger partial charge in [-0.1, -0.05) is 0 Å². The first-order valence-electron chi connectivity index (χ1n) is 5.67. The van der Waals surface area contributed by atoms with Gasteiger partial charge in [-0.3, -0.25) is 4.68 Å². The average molecular weight is 279 g/mol. The predicted molar refractivity (Wildman–Crippen MR) is 69.9 cm³/mol. The molecule has 3 heterocycles. The standard InChI is InChI=1S/C10H11ClN8/c1-19-5-15-6(18-19)2-3-12-8-7-9(14-4-13-7)17-10(11)16-8/h4-5H,2-3H2,1H3,(H2,12,13,14,16,17). The summed E-state index contributed by atoms with van der Waals surface area (Å²) in [6.45, 7) is 0.644. The number of hydrogen-bond donors (Lipinski definition) is 2. The Kier molecular flexibility index (Phi) is 3.00. The van der Waals surface area contributed by atoms with E-state index in [2.05, 4.69) is 35.3 Å². The molecule has 0 aliphatic heterocycles. The van der Waals surface area contributed by atoms with Crippen molar-refractivity contribution in [2.75, 3.05) is 11.9 Å². The number of nitrogens with one attached hydrogen (secondary N) is 2. The average Bonchev–Trinajstić information content (AvgIpc) is 2.98. The lowest BCUT2D eigenvalue weighted by Crippen LogP contribution is -2.08. The van der Waals surface area contributed by atoms with Gasteiger partial charge in [-0.2, -0.15) is 15.1 Å². The molecule has 9 heteroatoms. The van der Waals surface area contributed by atoms with Gasteiger partial charge in [0.1, 0.15) is 11.8 Å². The smallest absolute Gasteiger partial charge is 0.226 e. The molecule has 0 aromatic carbocycles. The quantitative estimate of drug-likeness (QED) is 0.685. The highest BCUT2D eigenvalue weighted by Crippen LogP contribution is 2.18. The molecule has 8 nitrogen and oxygen atoms in total. The summed E-state index contributed by atoms with van der Waals surface area (Å²) in [5.41, 5.74) is 1.27. The molecular weight excluding hydrogens is 268 g/mol. The molecule has 0 fully saturated rings. The fourth-order valence-corrected chi connectivity index (χ4v) is 1.89. The third kappa shape index (κ3) is 2.48. The SMILES string of the molecule is Cn1cnc(CCNc2nc(Cl)nc3nc[nH]c23)n1. The van der Waals surface area contributed by atoms with E-state index in [4.69, 9.17) is 11.6 Å². The number of fused-ring (bicyclic) bond motifs is 1. The minimum atomic E-state index is 0.165. The Morgan fingerprint density at radius 2 is 2.26 bits per heavy atom. The molecule has 0 saturated heterocycles. The summed E-state index contributed by atoms with van der Waals surface area (Å²) in [4.78, 5) is 19.3. The highest BCUT2D eigenvalue weighted by atomic mass is 35.5. The number of rotatable bonds is 4. The molecule has 3 rings (SSSR count). The number of nitrogens with zero attached hydrogens (tertiary/aromatic N) is 6. The lowest BCUT2D eigenvalue weighted by molar-refractivity contribution is 0.742. The number of aromatic amines is 1. The Bertz CT molecular complexity index is 702. The van der Waals surface area contributed by atoms with Crippen LogP contribution >= 0.6 is 11.6 Å². The zero-order chi connectivity index (χ0) is 13.2. The van der Waals surface area contributed by atoms with Crippen molar-refractivity contribution in [3.05, 3.63) is 23.8 Å². The van der Waals surface area contributed by atoms with Crippen LogP contribution in [0.1, 0.15) is 5.82 Å². The van der Waals surface area contributed by atoms with Gasteiger partial charge >= 0.3 is 0 Å². The zero-order valence-electron chi connectivity index (χ0n) is 10.1. The van der Waals surface area contributed by atoms with Crippen molar-refractivity contribution in [1.29, 1.82) is 0 Å². The second-order valence-corrected chi connectivity index (χ2v) is 4.29. The minimum Gasteiger partial charge on any atom is -0.368 e. The van der Waals surface area contributed by atoms with Crippen LogP contribution in [0.2, 0.25) is 5.28 Å². The van der Waals surface area contributed by atoms with E-state index in [0.717, 1.165) is 11.3 Å². The largest absolute Gasteiger partial charge is 0.368 e. The first-order valence-corrected chi connectivity index (χ1v) is 6.05. The van der Waals surface area contributed by atoms with Gasteiger partial charge in [-0.05, 0) is 11.6 Å². The van der Waals surface area contributed by atoms with Gasteiger partial charge < -0.3 is 10.3 Å². The number of hydrogen-bond acceptors (Lipinski definition) is 6. The monoisotopic (exact) mass is 278 g/mol. The number of imidazole rings is 1. The van der Waals surface area contributed by atoms with Crippen LogP contribution in [0.15, 0.2) is 12.7 Å². The molecule has 0 spiro atoms. The van der Waals surface area contributed by atoms with Crippen LogP contribution in [0.4, 0.5) is 5.82 Å². The number of anilines is 1. The van der Waals surface area contributed by atoms with E-state index in [9.17, 15) is 0 Å². The molecule has 0 aliphatic carbocycles. The maximum Gasteiger partial charge on any atom is 0.226 e. The fraction of sp³-hybridized carbons (Fsp3) is 0.300. The molecule has 0 amide bonds. The van der Waals surface area contributed by atoms with Crippen molar-refractivity contribution in [3.63, 3.8) is 0 Å². The Labute approximate surface area is 113 Å². The molecule has 0 unspecified atom stereocenters. The lowest BCUT2D eigenvalue weighted by Gasteiger charge is -2.04. The molecular formula is C10H11ClN8. The van der Waals surface area contributed by atoms with Gasteiger partial charge in [0, 0.05) is 20.0 Å². The molecule has 0 saturated carbocycles. The van der Waals surface area contributed by atoms with Crippen molar-refractivity contribution >= 4 is 28.6 Å². The van der Waals surface area contributed by atoms with Crippen molar-refractivity contribution in [1.82, 2.24) is 34.7 Å². The number of aryl methyl sites for hydroxylation is 1. The van der Waals surface area contributed by atoms with Crippen molar-refractivity contribution in [3.8, 4) is 0 Å². The minimum absolute atomic E-state index is 0.165. The summed E-state index contributed by atoms with van der Waals surface area (Å²) in [7, 11) is 1.84. The maximum atomic E-state index is 5.84. The van der Waals surface area contributed by atoms with Crippen LogP contribution in [0.25, 0.3) is 11.2 Å². The Hall–Kier alpha value is -2.22. The second kappa shape index (κ2) is 4.81. The predicted octanol–water partition coefficient (Wildman–Crippen LogP) is 0.789. The fourth-order valence-electron chi connectivity index (χ4n) is 1.73. The van der Waals surface area contributed by atoms with E-state index in [1.54, 1.807) is 17.3 Å². The molecule has 3 aromatic rings. The molecule has 0 bridgehead atoms. The first-order chi connectivity index (χ1) is 9.22. The van der Waals surface area contributed by atoms with Crippen LogP contribution in [0.3, 0.4) is 0 Å². The number of halogens is 1. The van der Waals surface area contributed by atoms with Gasteiger partial charge in [0.05, 0.1) is 6.33 Å². The van der Waals surface area contributed by atoms with Gasteiger partial charge in [0.15, 0.2) is 17.3 Å². The van der Waals surface area contributed by atoms with Gasteiger partial charge in [0.2, 0.25) is 5.28 Å². The maximum absolute atomic E-state index is 5.84. The molecule has 0 atom stereocenters. The van der Waals surface area contributed by atoms with E-state index >= 15 is 0 Å². The Balaban J connectivity index is 1.73. The summed E-state index contributed by atoms with van der Waals surface area (Å²) in [6, 6.07) is 0. The van der Waals surface area contributed by atoms with Crippen molar-refractivity contribution in [2.24, 2.45) is 7.05 Å². The lowest BCUT2D eigenvalue weighted by atomic mass is 10.4. The third-order valence-electron chi connectivity index (χ3n) is 2.55. The third-order valence-corrected chi connectivity index (χ3v) is 2.72. The van der Waals surface area contributed by atoms with Crippen molar-refractivity contribution < 1.29 is 0 Å². The van der Waals surface area contributed by atoms with Crippen LogP contribution in [0, 0.1) is 0 Å². The summed E-state index contributed by atoms with van der Waals surface area (Å²) in [6.07, 6.45) is 3.92. The molecule has 19 heavy (non-hydrogen) atoms. The number of H-pyrrole nitrogens is 1. The van der Waals surface area contributed by atoms with Gasteiger partial charge in [0.25, 0.3) is 0 Å². The summed E-state index contributed by atoms with van der Waals surface area (Å²) in [5, 5.41) is 7.54. The van der Waals surface area contributed by atoms with E-state index in [1.807, 2.05) is 7.05 Å². The molecule has 98 valence electrons. The van der Waals surface area contributed by atoms with E-state index < -0.39 is 0 Å². The molecule has 0 aliphatic rings. The van der Waals surface area contributed by atoms with E-state index in [-0.39, 0.29) is 5.28 Å². The zero-order valence-corrected chi connectivity index (χ0v) is 10.9. The molecule has 3 aromatic heterocycles. The first kappa shape index (κ1) is 11.8. The van der Waals surface area contributed by atoms with Crippen molar-refractivity contribution in [2.45, 2.75) is 6.42 Å². The summed E-state index contributed by atoms with van der Waals surface area (Å²) in [5.74, 6) is 1.40. The van der Waals surface area contributed by atoms with Gasteiger partial charge in [-0.15, -0.1) is 0 Å². The summed E-state index contributed by atoms with van der Waals surface area (Å²) < 4.78 is 1.67. The highest BCUT2D eigenvalue weighted by Gasteiger charge is 2.08. The molecule has 0 radical (unpaired) electrons. The Morgan fingerprint density at radius 3 is 3.05 bits per heavy atom. The normalized spacial score (nSPS) is 11.1. The van der Waals surface area contributed by atoms with Gasteiger partial charge in [-0.25, -0.2) is 9.97 Å². The number of aromatic nitrogens is 7. The van der Waals surface area contributed by atoms with Crippen LogP contribution in [0.5, 0.6) is 0 Å². The molecule has 2 N–H and O–H groups in total. The van der Waals surface area contributed by atoms with E-state index in [1.165, 1.54) is 0 Å². The second-order valence-electron chi connectivity index (χ2n) is 3.95. The van der Waals surface area contributed by atoms with Crippen LogP contribution in [-0.2, 0) is 13.5 Å². The summed E-state index contributed by atoms with van der Waals surface area (Å²) >= 11 is 5.84. The topological polar surface area (TPSA) is 97.2 Å². The van der Waals surface area contributed by atoms with Crippen LogP contribution < -0.4 is 5.32 Å². The van der Waals surface area contributed by atoms with Crippen LogP contribution in [-0.4, -0.2) is 41.2 Å². The van der Waals surface area contributed by atoms with E-state index in [0.29, 0.717) is 24.4 Å².